The Labute approximate surface area is 224 Å². The summed E-state index contributed by atoms with van der Waals surface area (Å²) in [6.07, 6.45) is 0. The van der Waals surface area contributed by atoms with Crippen molar-refractivity contribution in [1.82, 2.24) is 0 Å². The molecule has 0 heterocycles. The molecule has 38 heavy (non-hydrogen) atoms. The lowest BCUT2D eigenvalue weighted by Crippen LogP contribution is -2.17. The minimum absolute atomic E-state index is 0.0962. The van der Waals surface area contributed by atoms with E-state index in [0.29, 0.717) is 0 Å². The molecule has 6 aromatic rings. The minimum Gasteiger partial charge on any atom is -0.310 e. The normalized spacial score (nSPS) is 13.2. The molecule has 0 amide bonds. The van der Waals surface area contributed by atoms with Gasteiger partial charge in [0.05, 0.1) is 0 Å². The molecule has 1 aliphatic carbocycles. The van der Waals surface area contributed by atoms with Gasteiger partial charge < -0.3 is 4.90 Å². The van der Waals surface area contributed by atoms with Crippen LogP contribution in [0.15, 0.2) is 140 Å². The summed E-state index contributed by atoms with van der Waals surface area (Å²) in [5, 5.41) is 2.65. The number of rotatable bonds is 4. The van der Waals surface area contributed by atoms with E-state index in [1.54, 1.807) is 0 Å². The van der Waals surface area contributed by atoms with E-state index in [-0.39, 0.29) is 5.41 Å². The van der Waals surface area contributed by atoms with E-state index in [4.69, 9.17) is 0 Å². The number of anilines is 3. The van der Waals surface area contributed by atoms with Crippen molar-refractivity contribution >= 4 is 27.8 Å². The fraction of sp³-hybridized carbons (Fsp3) is 0.0811. The van der Waals surface area contributed by atoms with Gasteiger partial charge >= 0.3 is 0 Å². The smallest absolute Gasteiger partial charge is 0.0465 e. The lowest BCUT2D eigenvalue weighted by atomic mass is 9.80. The van der Waals surface area contributed by atoms with Crippen LogP contribution in [0, 0.1) is 0 Å². The Hall–Kier alpha value is -4.62. The first kappa shape index (κ1) is 22.6. The molecular weight excluding hydrogens is 458 g/mol. The molecular formula is C37H29N. The van der Waals surface area contributed by atoms with Gasteiger partial charge in [-0.25, -0.2) is 0 Å². The monoisotopic (exact) mass is 487 g/mol. The molecule has 0 saturated heterocycles. The maximum atomic E-state index is 2.40. The van der Waals surface area contributed by atoms with Crippen LogP contribution >= 0.6 is 0 Å². The van der Waals surface area contributed by atoms with Crippen LogP contribution in [0.1, 0.15) is 25.0 Å². The highest BCUT2D eigenvalue weighted by atomic mass is 15.1. The largest absolute Gasteiger partial charge is 0.310 e. The Kier molecular flexibility index (Phi) is 5.19. The summed E-state index contributed by atoms with van der Waals surface area (Å²) in [4.78, 5) is 2.37. The fourth-order valence-electron chi connectivity index (χ4n) is 6.19. The van der Waals surface area contributed by atoms with Crippen molar-refractivity contribution in [3.8, 4) is 22.3 Å². The SMILES string of the molecule is CC1(C)c2cc(N(c3ccccc3)c3ccc(-c4ccccc4)cc3)ccc2-c2ccc3ccccc3c21. The average Bonchev–Trinajstić information content (AvgIpc) is 3.21. The third kappa shape index (κ3) is 3.55. The molecule has 0 aromatic heterocycles. The number of fused-ring (bicyclic) bond motifs is 5. The molecule has 0 fully saturated rings. The van der Waals surface area contributed by atoms with Crippen LogP contribution in [-0.2, 0) is 5.41 Å². The van der Waals surface area contributed by atoms with Crippen molar-refractivity contribution in [3.63, 3.8) is 0 Å². The average molecular weight is 488 g/mol. The van der Waals surface area contributed by atoms with Gasteiger partial charge in [-0.05, 0) is 80.6 Å². The van der Waals surface area contributed by atoms with E-state index in [1.807, 2.05) is 0 Å². The Morgan fingerprint density at radius 2 is 1.05 bits per heavy atom. The summed E-state index contributed by atoms with van der Waals surface area (Å²) in [7, 11) is 0. The lowest BCUT2D eigenvalue weighted by molar-refractivity contribution is 0.666. The number of para-hydroxylation sites is 1. The number of benzene rings is 6. The molecule has 182 valence electrons. The van der Waals surface area contributed by atoms with Gasteiger partial charge in [-0.2, -0.15) is 0 Å². The standard InChI is InChI=1S/C37H29N/c1-37(2)35-25-31(22-24-33(35)34-23-19-28-13-9-10-16-32(28)36(34)37)38(29-14-7-4-8-15-29)30-20-17-27(18-21-30)26-11-5-3-6-12-26/h3-25H,1-2H3. The van der Waals surface area contributed by atoms with Gasteiger partial charge in [0.1, 0.15) is 0 Å². The molecule has 0 bridgehead atoms. The Morgan fingerprint density at radius 1 is 0.474 bits per heavy atom. The third-order valence-electron chi connectivity index (χ3n) is 8.03. The quantitative estimate of drug-likeness (QED) is 0.239. The van der Waals surface area contributed by atoms with E-state index >= 15 is 0 Å². The lowest BCUT2D eigenvalue weighted by Gasteiger charge is -2.28. The van der Waals surface area contributed by atoms with Gasteiger partial charge in [0.15, 0.2) is 0 Å². The molecule has 0 N–H and O–H groups in total. The fourth-order valence-corrected chi connectivity index (χ4v) is 6.19. The highest BCUT2D eigenvalue weighted by Gasteiger charge is 2.37. The first-order valence-electron chi connectivity index (χ1n) is 13.3. The third-order valence-corrected chi connectivity index (χ3v) is 8.03. The predicted molar refractivity (Wildman–Crippen MR) is 162 cm³/mol. The summed E-state index contributed by atoms with van der Waals surface area (Å²) in [6.45, 7) is 4.74. The van der Waals surface area contributed by atoms with Crippen molar-refractivity contribution in [2.75, 3.05) is 4.90 Å². The molecule has 1 heteroatoms. The van der Waals surface area contributed by atoms with Crippen LogP contribution in [0.25, 0.3) is 33.0 Å². The van der Waals surface area contributed by atoms with Crippen LogP contribution < -0.4 is 4.90 Å². The molecule has 0 saturated carbocycles. The molecule has 0 spiro atoms. The van der Waals surface area contributed by atoms with Crippen LogP contribution in [0.2, 0.25) is 0 Å². The van der Waals surface area contributed by atoms with Crippen molar-refractivity contribution in [1.29, 1.82) is 0 Å². The van der Waals surface area contributed by atoms with Crippen molar-refractivity contribution in [2.45, 2.75) is 19.3 Å². The molecule has 0 aliphatic heterocycles. The summed E-state index contributed by atoms with van der Waals surface area (Å²) < 4.78 is 0. The Bertz CT molecular complexity index is 1760. The van der Waals surface area contributed by atoms with Crippen molar-refractivity contribution < 1.29 is 0 Å². The van der Waals surface area contributed by atoms with Gasteiger partial charge in [-0.1, -0.05) is 117 Å². The van der Waals surface area contributed by atoms with Crippen LogP contribution in [-0.4, -0.2) is 0 Å². The second-order valence-corrected chi connectivity index (χ2v) is 10.6. The summed E-state index contributed by atoms with van der Waals surface area (Å²) in [6, 6.07) is 50.5. The Morgan fingerprint density at radius 3 is 1.82 bits per heavy atom. The van der Waals surface area contributed by atoms with Crippen LogP contribution in [0.4, 0.5) is 17.1 Å². The van der Waals surface area contributed by atoms with Gasteiger partial charge in [0.2, 0.25) is 0 Å². The summed E-state index contributed by atoms with van der Waals surface area (Å²) in [5.41, 5.74) is 11.3. The first-order valence-corrected chi connectivity index (χ1v) is 13.3. The summed E-state index contributed by atoms with van der Waals surface area (Å²) in [5.74, 6) is 0. The van der Waals surface area contributed by atoms with E-state index in [0.717, 1.165) is 11.4 Å². The van der Waals surface area contributed by atoms with E-state index in [1.165, 1.54) is 49.8 Å². The zero-order valence-electron chi connectivity index (χ0n) is 21.7. The molecule has 1 nitrogen and oxygen atoms in total. The van der Waals surface area contributed by atoms with Gasteiger partial charge in [0.25, 0.3) is 0 Å². The second-order valence-electron chi connectivity index (χ2n) is 10.6. The van der Waals surface area contributed by atoms with E-state index in [9.17, 15) is 0 Å². The van der Waals surface area contributed by atoms with Gasteiger partial charge in [0, 0.05) is 22.5 Å². The summed E-state index contributed by atoms with van der Waals surface area (Å²) >= 11 is 0. The molecule has 7 rings (SSSR count). The maximum absolute atomic E-state index is 2.40. The minimum atomic E-state index is -0.0962. The number of hydrogen-bond donors (Lipinski definition) is 0. The van der Waals surface area contributed by atoms with Crippen LogP contribution in [0.3, 0.4) is 0 Å². The number of nitrogens with zero attached hydrogens (tertiary/aromatic N) is 1. The predicted octanol–water partition coefficient (Wildman–Crippen LogP) is 10.3. The first-order chi connectivity index (χ1) is 18.6. The zero-order valence-corrected chi connectivity index (χ0v) is 21.7. The molecule has 0 atom stereocenters. The molecule has 0 radical (unpaired) electrons. The van der Waals surface area contributed by atoms with E-state index < -0.39 is 0 Å². The van der Waals surface area contributed by atoms with Crippen LogP contribution in [0.5, 0.6) is 0 Å². The highest BCUT2D eigenvalue weighted by Crippen LogP contribution is 2.52. The van der Waals surface area contributed by atoms with Gasteiger partial charge in [-0.15, -0.1) is 0 Å². The Balaban J connectivity index is 1.36. The van der Waals surface area contributed by atoms with Crippen molar-refractivity contribution in [2.24, 2.45) is 0 Å². The highest BCUT2D eigenvalue weighted by molar-refractivity contribution is 5.98. The second kappa shape index (κ2) is 8.75. The number of hydrogen-bond acceptors (Lipinski definition) is 1. The topological polar surface area (TPSA) is 3.24 Å². The van der Waals surface area contributed by atoms with E-state index in [2.05, 4.69) is 158 Å². The van der Waals surface area contributed by atoms with Crippen molar-refractivity contribution in [3.05, 3.63) is 151 Å². The molecule has 0 unspecified atom stereocenters. The molecule has 1 aliphatic rings. The molecule has 6 aromatic carbocycles. The zero-order chi connectivity index (χ0) is 25.7. The van der Waals surface area contributed by atoms with Gasteiger partial charge in [-0.3, -0.25) is 0 Å². The maximum Gasteiger partial charge on any atom is 0.0465 e.